The van der Waals surface area contributed by atoms with E-state index in [2.05, 4.69) is 17.1 Å². The molecule has 1 unspecified atom stereocenters. The first-order chi connectivity index (χ1) is 12.6. The number of ether oxygens (including phenoxy) is 2. The average molecular weight is 380 g/mol. The fraction of sp³-hybridized carbons (Fsp3) is 0.500. The molecule has 2 aromatic heterocycles. The van der Waals surface area contributed by atoms with Gasteiger partial charge in [0.2, 0.25) is 17.1 Å². The number of carbonyl (C=O) groups is 2. The molecule has 0 aromatic carbocycles. The van der Waals surface area contributed by atoms with E-state index in [0.29, 0.717) is 16.9 Å². The van der Waals surface area contributed by atoms with Crippen molar-refractivity contribution in [3.05, 3.63) is 24.2 Å². The van der Waals surface area contributed by atoms with Gasteiger partial charge in [-0.15, -0.1) is 5.10 Å². The van der Waals surface area contributed by atoms with Crippen LogP contribution in [0.2, 0.25) is 0 Å². The van der Waals surface area contributed by atoms with Crippen LogP contribution in [-0.4, -0.2) is 53.5 Å². The number of urea groups is 1. The molecule has 1 saturated heterocycles. The molecule has 0 spiro atoms. The highest BCUT2D eigenvalue weighted by molar-refractivity contribution is 7.17. The van der Waals surface area contributed by atoms with Crippen LogP contribution in [0.4, 0.5) is 9.93 Å². The van der Waals surface area contributed by atoms with Gasteiger partial charge >= 0.3 is 12.0 Å². The van der Waals surface area contributed by atoms with Gasteiger partial charge in [-0.25, -0.2) is 14.5 Å². The summed E-state index contributed by atoms with van der Waals surface area (Å²) in [5, 5.41) is 8.67. The smallest absolute Gasteiger partial charge is 0.376 e. The van der Waals surface area contributed by atoms with Crippen molar-refractivity contribution in [3.8, 4) is 5.19 Å². The number of aromatic nitrogens is 2. The lowest BCUT2D eigenvalue weighted by Crippen LogP contribution is -2.37. The minimum absolute atomic E-state index is 0.0733. The quantitative estimate of drug-likeness (QED) is 0.513. The molecular weight excluding hydrogens is 360 g/mol. The number of carbonyl (C=O) groups excluding carboxylic acids is 2. The Balaban J connectivity index is 1.68. The van der Waals surface area contributed by atoms with Gasteiger partial charge in [-0.2, -0.15) is 0 Å². The van der Waals surface area contributed by atoms with Crippen LogP contribution in [0.1, 0.15) is 36.7 Å². The molecule has 26 heavy (non-hydrogen) atoms. The van der Waals surface area contributed by atoms with Crippen LogP contribution < -0.4 is 9.64 Å². The number of hydrogen-bond donors (Lipinski definition) is 0. The Bertz CT molecular complexity index is 748. The van der Waals surface area contributed by atoms with E-state index in [0.717, 1.165) is 30.6 Å². The van der Waals surface area contributed by atoms with Gasteiger partial charge in [-0.05, 0) is 29.9 Å². The lowest BCUT2D eigenvalue weighted by molar-refractivity contribution is 0.0295. The van der Waals surface area contributed by atoms with Gasteiger partial charge in [0.1, 0.15) is 0 Å². The molecule has 10 heteroatoms. The summed E-state index contributed by atoms with van der Waals surface area (Å²) in [6, 6.07) is 2.77. The van der Waals surface area contributed by atoms with Crippen molar-refractivity contribution < 1.29 is 23.5 Å². The molecule has 0 N–H and O–H groups in total. The molecule has 140 valence electrons. The zero-order valence-corrected chi connectivity index (χ0v) is 15.4. The second-order valence-corrected chi connectivity index (χ2v) is 6.69. The fourth-order valence-electron chi connectivity index (χ4n) is 2.44. The highest BCUT2D eigenvalue weighted by Gasteiger charge is 2.41. The highest BCUT2D eigenvalue weighted by Crippen LogP contribution is 2.31. The van der Waals surface area contributed by atoms with Gasteiger partial charge in [0.25, 0.3) is 5.19 Å². The normalized spacial score (nSPS) is 17.0. The zero-order chi connectivity index (χ0) is 18.5. The highest BCUT2D eigenvalue weighted by atomic mass is 32.1. The van der Waals surface area contributed by atoms with Crippen molar-refractivity contribution in [2.24, 2.45) is 0 Å². The summed E-state index contributed by atoms with van der Waals surface area (Å²) in [4.78, 5) is 27.3. The molecular formula is C16H20N4O5S. The zero-order valence-electron chi connectivity index (χ0n) is 14.6. The van der Waals surface area contributed by atoms with Crippen molar-refractivity contribution in [1.29, 1.82) is 0 Å². The Morgan fingerprint density at radius 3 is 3.00 bits per heavy atom. The van der Waals surface area contributed by atoms with Crippen molar-refractivity contribution in [2.45, 2.75) is 32.4 Å². The Hall–Kier alpha value is -2.62. The number of anilines is 1. The number of rotatable bonds is 8. The summed E-state index contributed by atoms with van der Waals surface area (Å²) in [7, 11) is 1.62. The van der Waals surface area contributed by atoms with Gasteiger partial charge in [0.05, 0.1) is 19.4 Å². The largest absolute Gasteiger partial charge is 0.469 e. The first kappa shape index (κ1) is 18.2. The number of esters is 1. The van der Waals surface area contributed by atoms with E-state index in [1.165, 1.54) is 22.1 Å². The van der Waals surface area contributed by atoms with Crippen LogP contribution in [-0.2, 0) is 4.74 Å². The number of amides is 2. The van der Waals surface area contributed by atoms with E-state index in [-0.39, 0.29) is 18.3 Å². The van der Waals surface area contributed by atoms with Gasteiger partial charge in [0, 0.05) is 7.05 Å². The molecule has 0 bridgehead atoms. The lowest BCUT2D eigenvalue weighted by Gasteiger charge is -2.19. The monoisotopic (exact) mass is 380 g/mol. The Morgan fingerprint density at radius 1 is 1.42 bits per heavy atom. The molecule has 1 aliphatic rings. The standard InChI is InChI=1S/C16H20N4O5S/c1-3-4-5-8-24-15-18-17-14(26-15)20-12(10-19(2)16(20)22)25-13(21)11-7-6-9-23-11/h6-7,9,12H,3-5,8,10H2,1-2H3. The van der Waals surface area contributed by atoms with E-state index in [1.54, 1.807) is 13.1 Å². The third-order valence-electron chi connectivity index (χ3n) is 3.79. The maximum Gasteiger partial charge on any atom is 0.376 e. The van der Waals surface area contributed by atoms with Crippen LogP contribution in [0.5, 0.6) is 5.19 Å². The summed E-state index contributed by atoms with van der Waals surface area (Å²) >= 11 is 1.14. The fourth-order valence-corrected chi connectivity index (χ4v) is 3.20. The second-order valence-electron chi connectivity index (χ2n) is 5.78. The minimum Gasteiger partial charge on any atom is -0.469 e. The number of nitrogens with zero attached hydrogens (tertiary/aromatic N) is 4. The van der Waals surface area contributed by atoms with Crippen molar-refractivity contribution >= 4 is 28.5 Å². The van der Waals surface area contributed by atoms with Crippen molar-refractivity contribution in [1.82, 2.24) is 15.1 Å². The maximum atomic E-state index is 12.4. The average Bonchev–Trinajstić information content (AvgIpc) is 3.34. The molecule has 1 aliphatic heterocycles. The molecule has 3 rings (SSSR count). The summed E-state index contributed by atoms with van der Waals surface area (Å²) in [5.41, 5.74) is 0. The topological polar surface area (TPSA) is 98.0 Å². The predicted octanol–water partition coefficient (Wildman–Crippen LogP) is 2.76. The SMILES string of the molecule is CCCCCOc1nnc(N2C(=O)N(C)CC2OC(=O)c2ccco2)s1. The first-order valence-electron chi connectivity index (χ1n) is 8.35. The third-order valence-corrected chi connectivity index (χ3v) is 4.63. The van der Waals surface area contributed by atoms with E-state index in [4.69, 9.17) is 13.9 Å². The molecule has 2 aromatic rings. The Kier molecular flexibility index (Phi) is 5.71. The number of hydrogen-bond acceptors (Lipinski definition) is 8. The number of furan rings is 1. The summed E-state index contributed by atoms with van der Waals surface area (Å²) in [5.74, 6) is -0.571. The molecule has 2 amide bonds. The van der Waals surface area contributed by atoms with E-state index < -0.39 is 12.2 Å². The number of likely N-dealkylation sites (N-methyl/N-ethyl adjacent to an activating group) is 1. The van der Waals surface area contributed by atoms with Crippen LogP contribution >= 0.6 is 11.3 Å². The van der Waals surface area contributed by atoms with Gasteiger partial charge in [-0.1, -0.05) is 24.9 Å². The van der Waals surface area contributed by atoms with Crippen LogP contribution in [0.3, 0.4) is 0 Å². The first-order valence-corrected chi connectivity index (χ1v) is 9.17. The second kappa shape index (κ2) is 8.17. The van der Waals surface area contributed by atoms with Crippen molar-refractivity contribution in [3.63, 3.8) is 0 Å². The molecule has 3 heterocycles. The van der Waals surface area contributed by atoms with Crippen molar-refractivity contribution in [2.75, 3.05) is 25.1 Å². The summed E-state index contributed by atoms with van der Waals surface area (Å²) in [6.07, 6.45) is 3.67. The van der Waals surface area contributed by atoms with E-state index in [1.807, 2.05) is 0 Å². The Morgan fingerprint density at radius 2 is 2.27 bits per heavy atom. The third kappa shape index (κ3) is 3.96. The molecule has 0 radical (unpaired) electrons. The molecule has 0 saturated carbocycles. The molecule has 0 aliphatic carbocycles. The minimum atomic E-state index is -0.814. The predicted molar refractivity (Wildman–Crippen MR) is 93.3 cm³/mol. The lowest BCUT2D eigenvalue weighted by atomic mass is 10.3. The van der Waals surface area contributed by atoms with Crippen LogP contribution in [0.25, 0.3) is 0 Å². The summed E-state index contributed by atoms with van der Waals surface area (Å²) < 4.78 is 16.0. The van der Waals surface area contributed by atoms with Gasteiger partial charge in [0.15, 0.2) is 0 Å². The molecule has 1 fully saturated rings. The number of unbranched alkanes of at least 4 members (excludes halogenated alkanes) is 2. The summed E-state index contributed by atoms with van der Waals surface area (Å²) in [6.45, 7) is 2.88. The van der Waals surface area contributed by atoms with E-state index in [9.17, 15) is 9.59 Å². The van der Waals surface area contributed by atoms with Gasteiger partial charge in [-0.3, -0.25) is 0 Å². The maximum absolute atomic E-state index is 12.4. The van der Waals surface area contributed by atoms with Crippen LogP contribution in [0.15, 0.2) is 22.8 Å². The van der Waals surface area contributed by atoms with Crippen LogP contribution in [0, 0.1) is 0 Å². The molecule has 9 nitrogen and oxygen atoms in total. The Labute approximate surface area is 154 Å². The van der Waals surface area contributed by atoms with E-state index >= 15 is 0 Å². The van der Waals surface area contributed by atoms with Gasteiger partial charge < -0.3 is 18.8 Å². The molecule has 1 atom stereocenters.